The van der Waals surface area contributed by atoms with Crippen LogP contribution in [0.25, 0.3) is 0 Å². The molecule has 0 unspecified atom stereocenters. The molecule has 32 heavy (non-hydrogen) atoms. The Kier molecular flexibility index (Phi) is 6.17. The SMILES string of the molecule is O=C(Cc1ccccc1)N1CCC(N2C[C@H](Oc3ccccc3)[C@@H]2c2ccncc2)CC1. The van der Waals surface area contributed by atoms with Gasteiger partial charge in [0.05, 0.1) is 12.5 Å². The zero-order chi connectivity index (χ0) is 21.8. The third kappa shape index (κ3) is 4.53. The molecule has 1 aromatic heterocycles. The summed E-state index contributed by atoms with van der Waals surface area (Å²) in [6.07, 6.45) is 6.33. The molecule has 5 rings (SSSR count). The van der Waals surface area contributed by atoms with Crippen molar-refractivity contribution in [1.82, 2.24) is 14.8 Å². The van der Waals surface area contributed by atoms with Gasteiger partial charge in [0.1, 0.15) is 11.9 Å². The van der Waals surface area contributed by atoms with E-state index in [9.17, 15) is 4.79 Å². The Bertz CT molecular complexity index is 1000. The molecule has 3 aromatic rings. The lowest BCUT2D eigenvalue weighted by Crippen LogP contribution is -2.61. The summed E-state index contributed by atoms with van der Waals surface area (Å²) in [7, 11) is 0. The smallest absolute Gasteiger partial charge is 0.226 e. The molecular formula is C27H29N3O2. The lowest BCUT2D eigenvalue weighted by atomic mass is 9.87. The number of rotatable bonds is 6. The zero-order valence-electron chi connectivity index (χ0n) is 18.2. The second-order valence-electron chi connectivity index (χ2n) is 8.67. The third-order valence-electron chi connectivity index (χ3n) is 6.66. The van der Waals surface area contributed by atoms with Crippen molar-refractivity contribution < 1.29 is 9.53 Å². The minimum absolute atomic E-state index is 0.123. The maximum atomic E-state index is 12.8. The Balaban J connectivity index is 1.22. The lowest BCUT2D eigenvalue weighted by Gasteiger charge is -2.53. The Hall–Kier alpha value is -3.18. The summed E-state index contributed by atoms with van der Waals surface area (Å²) in [4.78, 5) is 21.5. The van der Waals surface area contributed by atoms with Crippen LogP contribution in [0.15, 0.2) is 85.2 Å². The predicted molar refractivity (Wildman–Crippen MR) is 124 cm³/mol. The van der Waals surface area contributed by atoms with Crippen LogP contribution in [0.1, 0.15) is 30.0 Å². The van der Waals surface area contributed by atoms with Gasteiger partial charge in [-0.05, 0) is 48.2 Å². The summed E-state index contributed by atoms with van der Waals surface area (Å²) in [6.45, 7) is 2.55. The molecule has 0 bridgehead atoms. The fourth-order valence-corrected chi connectivity index (χ4v) is 4.94. The van der Waals surface area contributed by atoms with Crippen LogP contribution in [0, 0.1) is 0 Å². The molecule has 1 amide bonds. The first-order valence-electron chi connectivity index (χ1n) is 11.5. The number of hydrogen-bond donors (Lipinski definition) is 0. The predicted octanol–water partition coefficient (Wildman–Crippen LogP) is 4.12. The standard InChI is InChI=1S/C27H29N3O2/c31-26(19-21-7-3-1-4-8-21)29-17-13-23(14-18-29)30-20-25(32-24-9-5-2-6-10-24)27(30)22-11-15-28-16-12-22/h1-12,15-16,23,25,27H,13-14,17-20H2/t25-,27-/m0/s1. The number of likely N-dealkylation sites (tertiary alicyclic amines) is 2. The molecule has 2 aliphatic heterocycles. The molecule has 0 spiro atoms. The van der Waals surface area contributed by atoms with Crippen LogP contribution in [0.2, 0.25) is 0 Å². The quantitative estimate of drug-likeness (QED) is 0.594. The second-order valence-corrected chi connectivity index (χ2v) is 8.67. The van der Waals surface area contributed by atoms with Crippen molar-refractivity contribution in [3.05, 3.63) is 96.3 Å². The van der Waals surface area contributed by atoms with Crippen LogP contribution < -0.4 is 4.74 Å². The molecular weight excluding hydrogens is 398 g/mol. The van der Waals surface area contributed by atoms with Gasteiger partial charge in [-0.3, -0.25) is 14.7 Å². The summed E-state index contributed by atoms with van der Waals surface area (Å²) < 4.78 is 6.34. The summed E-state index contributed by atoms with van der Waals surface area (Å²) >= 11 is 0. The molecule has 0 radical (unpaired) electrons. The molecule has 164 valence electrons. The van der Waals surface area contributed by atoms with Gasteiger partial charge in [-0.15, -0.1) is 0 Å². The van der Waals surface area contributed by atoms with Gasteiger partial charge in [-0.1, -0.05) is 48.5 Å². The zero-order valence-corrected chi connectivity index (χ0v) is 18.2. The van der Waals surface area contributed by atoms with Crippen LogP contribution >= 0.6 is 0 Å². The number of hydrogen-bond acceptors (Lipinski definition) is 4. The summed E-state index contributed by atoms with van der Waals surface area (Å²) in [5.41, 5.74) is 2.33. The summed E-state index contributed by atoms with van der Waals surface area (Å²) in [5, 5.41) is 0. The molecule has 0 saturated carbocycles. The maximum absolute atomic E-state index is 12.8. The monoisotopic (exact) mass is 427 g/mol. The summed E-state index contributed by atoms with van der Waals surface area (Å²) in [5.74, 6) is 1.15. The minimum Gasteiger partial charge on any atom is -0.487 e. The van der Waals surface area contributed by atoms with E-state index in [0.717, 1.165) is 43.8 Å². The Morgan fingerprint density at radius 2 is 1.56 bits per heavy atom. The number of para-hydroxylation sites is 1. The van der Waals surface area contributed by atoms with Crippen LogP contribution in [0.4, 0.5) is 0 Å². The van der Waals surface area contributed by atoms with Gasteiger partial charge in [-0.2, -0.15) is 0 Å². The maximum Gasteiger partial charge on any atom is 0.226 e. The average molecular weight is 428 g/mol. The average Bonchev–Trinajstić information content (AvgIpc) is 2.84. The molecule has 2 fully saturated rings. The van der Waals surface area contributed by atoms with Crippen molar-refractivity contribution in [2.45, 2.75) is 37.5 Å². The highest BCUT2D eigenvalue weighted by Gasteiger charge is 2.45. The van der Waals surface area contributed by atoms with E-state index in [4.69, 9.17) is 4.74 Å². The number of piperidine rings is 1. The van der Waals surface area contributed by atoms with E-state index in [2.05, 4.69) is 22.0 Å². The minimum atomic E-state index is 0.123. The van der Waals surface area contributed by atoms with Crippen molar-refractivity contribution in [2.24, 2.45) is 0 Å². The molecule has 5 nitrogen and oxygen atoms in total. The molecule has 3 heterocycles. The van der Waals surface area contributed by atoms with Crippen LogP contribution in [0.3, 0.4) is 0 Å². The van der Waals surface area contributed by atoms with Gasteiger partial charge in [-0.25, -0.2) is 0 Å². The molecule has 2 saturated heterocycles. The topological polar surface area (TPSA) is 45.7 Å². The Morgan fingerprint density at radius 1 is 0.906 bits per heavy atom. The van der Waals surface area contributed by atoms with E-state index in [1.54, 1.807) is 0 Å². The number of carbonyl (C=O) groups is 1. The molecule has 0 aliphatic carbocycles. The number of benzene rings is 2. The summed E-state index contributed by atoms with van der Waals surface area (Å²) in [6, 6.07) is 24.9. The fraction of sp³-hybridized carbons (Fsp3) is 0.333. The first-order chi connectivity index (χ1) is 15.8. The molecule has 2 aromatic carbocycles. The van der Waals surface area contributed by atoms with Crippen molar-refractivity contribution in [2.75, 3.05) is 19.6 Å². The van der Waals surface area contributed by atoms with Crippen molar-refractivity contribution in [3.63, 3.8) is 0 Å². The molecule has 0 N–H and O–H groups in total. The Labute approximate surface area is 189 Å². The number of amides is 1. The highest BCUT2D eigenvalue weighted by molar-refractivity contribution is 5.78. The van der Waals surface area contributed by atoms with E-state index in [1.807, 2.05) is 78.0 Å². The fourth-order valence-electron chi connectivity index (χ4n) is 4.94. The van der Waals surface area contributed by atoms with Crippen molar-refractivity contribution in [1.29, 1.82) is 0 Å². The van der Waals surface area contributed by atoms with Gasteiger partial charge in [0.2, 0.25) is 5.91 Å². The van der Waals surface area contributed by atoms with E-state index in [0.29, 0.717) is 12.5 Å². The van der Waals surface area contributed by atoms with Crippen LogP contribution in [0.5, 0.6) is 5.75 Å². The number of pyridine rings is 1. The van der Waals surface area contributed by atoms with Gasteiger partial charge in [0.15, 0.2) is 0 Å². The van der Waals surface area contributed by atoms with E-state index >= 15 is 0 Å². The second kappa shape index (κ2) is 9.53. The van der Waals surface area contributed by atoms with E-state index < -0.39 is 0 Å². The van der Waals surface area contributed by atoms with Crippen molar-refractivity contribution >= 4 is 5.91 Å². The first kappa shape index (κ1) is 20.7. The van der Waals surface area contributed by atoms with E-state index in [-0.39, 0.29) is 18.1 Å². The van der Waals surface area contributed by atoms with Gasteiger partial charge >= 0.3 is 0 Å². The number of carbonyl (C=O) groups excluding carboxylic acids is 1. The van der Waals surface area contributed by atoms with Crippen LogP contribution in [-0.2, 0) is 11.2 Å². The number of aromatic nitrogens is 1. The number of ether oxygens (including phenoxy) is 1. The Morgan fingerprint density at radius 3 is 2.25 bits per heavy atom. The van der Waals surface area contributed by atoms with E-state index in [1.165, 1.54) is 5.56 Å². The van der Waals surface area contributed by atoms with Gasteiger partial charge in [0, 0.05) is 38.1 Å². The highest BCUT2D eigenvalue weighted by Crippen LogP contribution is 2.40. The van der Waals surface area contributed by atoms with Crippen LogP contribution in [-0.4, -0.2) is 52.5 Å². The van der Waals surface area contributed by atoms with Crippen molar-refractivity contribution in [3.8, 4) is 5.75 Å². The third-order valence-corrected chi connectivity index (χ3v) is 6.66. The molecule has 2 atom stereocenters. The highest BCUT2D eigenvalue weighted by atomic mass is 16.5. The number of nitrogens with zero attached hydrogens (tertiary/aromatic N) is 3. The molecule has 2 aliphatic rings. The van der Waals surface area contributed by atoms with Gasteiger partial charge < -0.3 is 9.64 Å². The lowest BCUT2D eigenvalue weighted by molar-refractivity contribution is -0.134. The first-order valence-corrected chi connectivity index (χ1v) is 11.5. The molecule has 5 heteroatoms. The largest absolute Gasteiger partial charge is 0.487 e. The normalized spacial score (nSPS) is 21.7. The van der Waals surface area contributed by atoms with Gasteiger partial charge in [0.25, 0.3) is 0 Å².